The van der Waals surface area contributed by atoms with Gasteiger partial charge in [0.1, 0.15) is 18.2 Å². The molecule has 2 aromatic rings. The van der Waals surface area contributed by atoms with Crippen molar-refractivity contribution in [2.24, 2.45) is 0 Å². The van der Waals surface area contributed by atoms with Crippen molar-refractivity contribution in [2.75, 3.05) is 19.9 Å². The number of hydrogen-bond acceptors (Lipinski definition) is 6. The molecule has 1 saturated heterocycles. The zero-order valence-electron chi connectivity index (χ0n) is 15.8. The number of nitrogens with zero attached hydrogens (tertiary/aromatic N) is 2. The molecule has 28 heavy (non-hydrogen) atoms. The molecule has 144 valence electrons. The van der Waals surface area contributed by atoms with E-state index in [0.29, 0.717) is 23.8 Å². The molecule has 6 heteroatoms. The molecule has 0 saturated carbocycles. The van der Waals surface area contributed by atoms with Crippen LogP contribution >= 0.6 is 0 Å². The quantitative estimate of drug-likeness (QED) is 0.764. The van der Waals surface area contributed by atoms with Crippen LogP contribution < -0.4 is 9.47 Å². The minimum Gasteiger partial charge on any atom is -0.477 e. The van der Waals surface area contributed by atoms with Gasteiger partial charge in [0.25, 0.3) is 0 Å². The molecule has 1 aromatic carbocycles. The number of fused-ring (bicyclic) bond motifs is 2. The van der Waals surface area contributed by atoms with Gasteiger partial charge in [0.05, 0.1) is 11.7 Å². The van der Waals surface area contributed by atoms with Crippen molar-refractivity contribution in [3.63, 3.8) is 0 Å². The molecule has 3 aliphatic heterocycles. The number of Topliss-reactive ketones (excluding diaryl/α,β-unsaturated/α-hetero) is 1. The minimum atomic E-state index is -0.0889. The first-order chi connectivity index (χ1) is 13.7. The molecule has 6 nitrogen and oxygen atoms in total. The number of ether oxygens (including phenoxy) is 3. The SMILES string of the molecule is Cc1c2c(cc3c1O/C(=C\c1ccncc1)C3=O)CN(CC1CCCO1)CO2. The molecule has 0 amide bonds. The average Bonchev–Trinajstić information content (AvgIpc) is 3.32. The number of aromatic nitrogens is 1. The highest BCUT2D eigenvalue weighted by molar-refractivity contribution is 6.15. The second kappa shape index (κ2) is 7.04. The van der Waals surface area contributed by atoms with E-state index in [1.807, 2.05) is 25.1 Å². The monoisotopic (exact) mass is 378 g/mol. The first kappa shape index (κ1) is 17.4. The molecule has 1 unspecified atom stereocenters. The van der Waals surface area contributed by atoms with Crippen molar-refractivity contribution in [3.8, 4) is 11.5 Å². The number of hydrogen-bond donors (Lipinski definition) is 0. The molecule has 0 bridgehead atoms. The molecule has 1 aromatic heterocycles. The molecule has 0 spiro atoms. The second-order valence-corrected chi connectivity index (χ2v) is 7.51. The lowest BCUT2D eigenvalue weighted by atomic mass is 10.00. The van der Waals surface area contributed by atoms with E-state index in [4.69, 9.17) is 14.2 Å². The predicted octanol–water partition coefficient (Wildman–Crippen LogP) is 3.34. The highest BCUT2D eigenvalue weighted by Crippen LogP contribution is 2.43. The van der Waals surface area contributed by atoms with Gasteiger partial charge in [0, 0.05) is 43.2 Å². The Bertz CT molecular complexity index is 949. The van der Waals surface area contributed by atoms with E-state index in [9.17, 15) is 4.79 Å². The van der Waals surface area contributed by atoms with Gasteiger partial charge in [-0.25, -0.2) is 0 Å². The van der Waals surface area contributed by atoms with Gasteiger partial charge in [-0.15, -0.1) is 0 Å². The van der Waals surface area contributed by atoms with Crippen LogP contribution in [0.1, 0.15) is 39.9 Å². The van der Waals surface area contributed by atoms with E-state index in [1.165, 1.54) is 0 Å². The summed E-state index contributed by atoms with van der Waals surface area (Å²) >= 11 is 0. The van der Waals surface area contributed by atoms with Gasteiger partial charge in [0.15, 0.2) is 5.76 Å². The molecule has 1 fully saturated rings. The minimum absolute atomic E-state index is 0.0889. The zero-order chi connectivity index (χ0) is 19.1. The van der Waals surface area contributed by atoms with Gasteiger partial charge in [-0.05, 0) is 49.6 Å². The van der Waals surface area contributed by atoms with Crippen molar-refractivity contribution in [2.45, 2.75) is 32.4 Å². The Hall–Kier alpha value is -2.70. The summed E-state index contributed by atoms with van der Waals surface area (Å²) in [4.78, 5) is 19.2. The van der Waals surface area contributed by atoms with E-state index in [0.717, 1.165) is 55.0 Å². The van der Waals surface area contributed by atoms with Gasteiger partial charge in [-0.2, -0.15) is 0 Å². The van der Waals surface area contributed by atoms with Gasteiger partial charge >= 0.3 is 0 Å². The van der Waals surface area contributed by atoms with Gasteiger partial charge < -0.3 is 14.2 Å². The van der Waals surface area contributed by atoms with Crippen molar-refractivity contribution < 1.29 is 19.0 Å². The molecule has 1 atom stereocenters. The van der Waals surface area contributed by atoms with Crippen molar-refractivity contribution >= 4 is 11.9 Å². The molecular weight excluding hydrogens is 356 g/mol. The summed E-state index contributed by atoms with van der Waals surface area (Å²) in [5.74, 6) is 1.69. The fraction of sp³-hybridized carbons (Fsp3) is 0.364. The van der Waals surface area contributed by atoms with Crippen LogP contribution in [0.25, 0.3) is 6.08 Å². The maximum atomic E-state index is 12.9. The standard InChI is InChI=1S/C22H22N2O4/c1-14-21-16(11-24(13-27-21)12-17-3-2-8-26-17)10-18-20(25)19(28-22(14)18)9-15-4-6-23-7-5-15/h4-7,9-10,17H,2-3,8,11-13H2,1H3/b19-9-. The lowest BCUT2D eigenvalue weighted by Gasteiger charge is -2.31. The third kappa shape index (κ3) is 3.08. The van der Waals surface area contributed by atoms with E-state index in [1.54, 1.807) is 18.5 Å². The summed E-state index contributed by atoms with van der Waals surface area (Å²) in [6, 6.07) is 5.61. The highest BCUT2D eigenvalue weighted by Gasteiger charge is 2.34. The maximum Gasteiger partial charge on any atom is 0.231 e. The summed E-state index contributed by atoms with van der Waals surface area (Å²) in [6.07, 6.45) is 7.65. The van der Waals surface area contributed by atoms with Crippen molar-refractivity contribution in [1.29, 1.82) is 0 Å². The highest BCUT2D eigenvalue weighted by atomic mass is 16.5. The smallest absolute Gasteiger partial charge is 0.231 e. The van der Waals surface area contributed by atoms with E-state index in [-0.39, 0.29) is 11.9 Å². The first-order valence-corrected chi connectivity index (χ1v) is 9.66. The molecule has 0 aliphatic carbocycles. The van der Waals surface area contributed by atoms with Crippen LogP contribution in [0.2, 0.25) is 0 Å². The summed E-state index contributed by atoms with van der Waals surface area (Å²) < 4.78 is 17.7. The fourth-order valence-electron chi connectivity index (χ4n) is 4.10. The first-order valence-electron chi connectivity index (χ1n) is 9.66. The lowest BCUT2D eigenvalue weighted by molar-refractivity contribution is 0.0276. The number of ketones is 1. The number of allylic oxidation sites excluding steroid dienone is 1. The molecule has 4 heterocycles. The van der Waals surface area contributed by atoms with Crippen LogP contribution in [-0.2, 0) is 11.3 Å². The molecule has 0 radical (unpaired) electrons. The fourth-order valence-corrected chi connectivity index (χ4v) is 4.10. The Morgan fingerprint density at radius 1 is 1.29 bits per heavy atom. The Kier molecular flexibility index (Phi) is 4.37. The van der Waals surface area contributed by atoms with Crippen LogP contribution in [0.4, 0.5) is 0 Å². The Morgan fingerprint density at radius 3 is 2.93 bits per heavy atom. The number of carbonyl (C=O) groups is 1. The van der Waals surface area contributed by atoms with Crippen LogP contribution in [0.3, 0.4) is 0 Å². The summed E-state index contributed by atoms with van der Waals surface area (Å²) in [6.45, 7) is 4.93. The number of pyridine rings is 1. The van der Waals surface area contributed by atoms with Gasteiger partial charge in [-0.3, -0.25) is 14.7 Å². The Morgan fingerprint density at radius 2 is 2.14 bits per heavy atom. The molecular formula is C22H22N2O4. The topological polar surface area (TPSA) is 60.9 Å². The van der Waals surface area contributed by atoms with Crippen LogP contribution in [0.15, 0.2) is 36.4 Å². The van der Waals surface area contributed by atoms with Gasteiger partial charge in [0.2, 0.25) is 5.78 Å². The molecule has 0 N–H and O–H groups in total. The van der Waals surface area contributed by atoms with Crippen LogP contribution in [0, 0.1) is 6.92 Å². The number of benzene rings is 1. The zero-order valence-corrected chi connectivity index (χ0v) is 15.8. The Balaban J connectivity index is 1.42. The largest absolute Gasteiger partial charge is 0.477 e. The number of rotatable bonds is 3. The molecule has 5 rings (SSSR count). The molecule has 3 aliphatic rings. The normalized spacial score (nSPS) is 22.7. The van der Waals surface area contributed by atoms with E-state index >= 15 is 0 Å². The van der Waals surface area contributed by atoms with Crippen LogP contribution in [-0.4, -0.2) is 41.7 Å². The third-order valence-corrected chi connectivity index (χ3v) is 5.49. The van der Waals surface area contributed by atoms with Crippen molar-refractivity contribution in [1.82, 2.24) is 9.88 Å². The summed E-state index contributed by atoms with van der Waals surface area (Å²) in [7, 11) is 0. The van der Waals surface area contributed by atoms with E-state index in [2.05, 4.69) is 9.88 Å². The van der Waals surface area contributed by atoms with Crippen LogP contribution in [0.5, 0.6) is 11.5 Å². The summed E-state index contributed by atoms with van der Waals surface area (Å²) in [5, 5.41) is 0. The third-order valence-electron chi connectivity index (χ3n) is 5.49. The lowest BCUT2D eigenvalue weighted by Crippen LogP contribution is -2.37. The van der Waals surface area contributed by atoms with Gasteiger partial charge in [-0.1, -0.05) is 0 Å². The second-order valence-electron chi connectivity index (χ2n) is 7.51. The predicted molar refractivity (Wildman–Crippen MR) is 103 cm³/mol. The number of carbonyl (C=O) groups excluding carboxylic acids is 1. The summed E-state index contributed by atoms with van der Waals surface area (Å²) in [5.41, 5.74) is 3.41. The van der Waals surface area contributed by atoms with E-state index < -0.39 is 0 Å². The maximum absolute atomic E-state index is 12.9. The average molecular weight is 378 g/mol. The Labute approximate surface area is 163 Å². The van der Waals surface area contributed by atoms with Crippen molar-refractivity contribution in [3.05, 3.63) is 58.6 Å².